The van der Waals surface area contributed by atoms with Gasteiger partial charge in [0.2, 0.25) is 0 Å². The minimum Gasteiger partial charge on any atom is -0.309 e. The third kappa shape index (κ3) is 5.46. The normalized spacial score (nSPS) is 12.0. The molecule has 3 heteroatoms. The molecule has 0 bridgehead atoms. The lowest BCUT2D eigenvalue weighted by Crippen LogP contribution is -2.25. The lowest BCUT2D eigenvalue weighted by Gasteiger charge is -2.20. The van der Waals surface area contributed by atoms with Gasteiger partial charge in [-0.3, -0.25) is 0 Å². The molecular weight excluding hydrogens is 529 g/mol. The van der Waals surface area contributed by atoms with Gasteiger partial charge in [-0.25, -0.2) is 4.99 Å². The van der Waals surface area contributed by atoms with Crippen LogP contribution in [0.3, 0.4) is 0 Å². The molecule has 0 heterocycles. The summed E-state index contributed by atoms with van der Waals surface area (Å²) in [5, 5.41) is 4.75. The van der Waals surface area contributed by atoms with Gasteiger partial charge in [0.1, 0.15) is 0 Å². The van der Waals surface area contributed by atoms with Crippen LogP contribution in [0.5, 0.6) is 0 Å². The van der Waals surface area contributed by atoms with Crippen molar-refractivity contribution in [1.29, 1.82) is 0 Å². The summed E-state index contributed by atoms with van der Waals surface area (Å²) in [6.45, 7) is 3.82. The summed E-state index contributed by atoms with van der Waals surface area (Å²) in [7, 11) is -3.08. The number of nitrogens with zero attached hydrogens (tertiary/aromatic N) is 1. The standard InChI is InChI=1S/C39H30NOP/c1-2-3-14-31-16-12-13-22-38(31)40-39(34-24-23-30-15-10-11-17-33(30)29-34)32-25-27-37(28-26-32)42(41,35-18-6-4-7-19-35)36-20-8-5-9-21-36/h2-29H,1H2/b14-3-,40-39-. The van der Waals surface area contributed by atoms with Crippen molar-refractivity contribution in [2.75, 3.05) is 0 Å². The third-order valence-corrected chi connectivity index (χ3v) is 10.4. The van der Waals surface area contributed by atoms with E-state index in [1.165, 1.54) is 5.39 Å². The number of benzene rings is 6. The lowest BCUT2D eigenvalue weighted by atomic mass is 9.98. The highest BCUT2D eigenvalue weighted by atomic mass is 31.2. The van der Waals surface area contributed by atoms with E-state index in [0.717, 1.165) is 49.4 Å². The Labute approximate surface area is 247 Å². The summed E-state index contributed by atoms with van der Waals surface area (Å²) in [6.07, 6.45) is 5.70. The summed E-state index contributed by atoms with van der Waals surface area (Å²) in [4.78, 5) is 5.23. The summed E-state index contributed by atoms with van der Waals surface area (Å²) >= 11 is 0. The van der Waals surface area contributed by atoms with Crippen molar-refractivity contribution in [3.63, 3.8) is 0 Å². The van der Waals surface area contributed by atoms with Crippen LogP contribution in [0.4, 0.5) is 5.69 Å². The van der Waals surface area contributed by atoms with Gasteiger partial charge in [-0.15, -0.1) is 0 Å². The summed E-state index contributed by atoms with van der Waals surface area (Å²) in [5.74, 6) is 0. The highest BCUT2D eigenvalue weighted by Crippen LogP contribution is 2.42. The minimum absolute atomic E-state index is 0.788. The molecule has 0 aliphatic rings. The molecule has 0 amide bonds. The monoisotopic (exact) mass is 559 g/mol. The van der Waals surface area contributed by atoms with Gasteiger partial charge in [-0.1, -0.05) is 164 Å². The Morgan fingerprint density at radius 2 is 1.12 bits per heavy atom. The fourth-order valence-corrected chi connectivity index (χ4v) is 7.85. The number of hydrogen-bond donors (Lipinski definition) is 0. The smallest absolute Gasteiger partial charge is 0.171 e. The molecule has 0 saturated carbocycles. The van der Waals surface area contributed by atoms with Crippen molar-refractivity contribution in [3.8, 4) is 0 Å². The van der Waals surface area contributed by atoms with E-state index in [4.69, 9.17) is 4.99 Å². The summed E-state index contributed by atoms with van der Waals surface area (Å²) < 4.78 is 14.9. The van der Waals surface area contributed by atoms with Crippen LogP contribution >= 0.6 is 7.14 Å². The van der Waals surface area contributed by atoms with E-state index in [0.29, 0.717) is 0 Å². The van der Waals surface area contributed by atoms with Crippen LogP contribution in [-0.2, 0) is 4.57 Å². The Morgan fingerprint density at radius 1 is 0.571 bits per heavy atom. The van der Waals surface area contributed by atoms with Gasteiger partial charge in [0.05, 0.1) is 11.4 Å². The van der Waals surface area contributed by atoms with Crippen LogP contribution < -0.4 is 15.9 Å². The van der Waals surface area contributed by atoms with E-state index < -0.39 is 7.14 Å². The highest BCUT2D eigenvalue weighted by Gasteiger charge is 2.29. The zero-order valence-corrected chi connectivity index (χ0v) is 24.1. The van der Waals surface area contributed by atoms with Gasteiger partial charge in [0, 0.05) is 32.6 Å². The second kappa shape index (κ2) is 12.2. The lowest BCUT2D eigenvalue weighted by molar-refractivity contribution is 0.592. The average molecular weight is 560 g/mol. The van der Waals surface area contributed by atoms with Crippen LogP contribution in [-0.4, -0.2) is 5.71 Å². The van der Waals surface area contributed by atoms with Gasteiger partial charge in [-0.2, -0.15) is 0 Å². The predicted molar refractivity (Wildman–Crippen MR) is 181 cm³/mol. The molecule has 6 rings (SSSR count). The molecule has 6 aromatic carbocycles. The van der Waals surface area contributed by atoms with Gasteiger partial charge in [0.15, 0.2) is 7.14 Å². The SMILES string of the molecule is C=C/C=C\c1ccccc1/N=C(/c1ccc(P(=O)(c2ccccc2)c2ccccc2)cc1)c1ccc2ccccc2c1. The zero-order chi connectivity index (χ0) is 28.8. The third-order valence-electron chi connectivity index (χ3n) is 7.35. The Kier molecular flexibility index (Phi) is 7.90. The molecule has 6 aromatic rings. The first-order chi connectivity index (χ1) is 20.7. The molecule has 2 nitrogen and oxygen atoms in total. The van der Waals surface area contributed by atoms with E-state index in [1.54, 1.807) is 6.08 Å². The highest BCUT2D eigenvalue weighted by molar-refractivity contribution is 7.85. The van der Waals surface area contributed by atoms with E-state index in [1.807, 2.05) is 115 Å². The summed E-state index contributed by atoms with van der Waals surface area (Å²) in [6, 6.07) is 50.5. The first-order valence-corrected chi connectivity index (χ1v) is 15.7. The molecule has 0 aliphatic heterocycles. The Bertz CT molecular complexity index is 1910. The van der Waals surface area contributed by atoms with Crippen molar-refractivity contribution < 1.29 is 4.57 Å². The molecule has 0 spiro atoms. The largest absolute Gasteiger partial charge is 0.309 e. The fourth-order valence-electron chi connectivity index (χ4n) is 5.21. The van der Waals surface area contributed by atoms with Crippen molar-refractivity contribution in [1.82, 2.24) is 0 Å². The molecule has 0 unspecified atom stereocenters. The Hall–Kier alpha value is -5.04. The first-order valence-electron chi connectivity index (χ1n) is 13.9. The van der Waals surface area contributed by atoms with Crippen LogP contribution in [0, 0.1) is 0 Å². The van der Waals surface area contributed by atoms with Gasteiger partial charge in [-0.05, 0) is 22.9 Å². The molecule has 42 heavy (non-hydrogen) atoms. The number of hydrogen-bond acceptors (Lipinski definition) is 2. The number of rotatable bonds is 8. The van der Waals surface area contributed by atoms with Gasteiger partial charge in [0.25, 0.3) is 0 Å². The van der Waals surface area contributed by atoms with Crippen molar-refractivity contribution >= 4 is 51.3 Å². The van der Waals surface area contributed by atoms with E-state index >= 15 is 0 Å². The molecule has 0 fully saturated rings. The van der Waals surface area contributed by atoms with E-state index in [2.05, 4.69) is 55.1 Å². The number of para-hydroxylation sites is 1. The van der Waals surface area contributed by atoms with Crippen LogP contribution in [0.15, 0.2) is 175 Å². The second-order valence-corrected chi connectivity index (χ2v) is 12.8. The van der Waals surface area contributed by atoms with Crippen molar-refractivity contribution in [2.45, 2.75) is 0 Å². The Balaban J connectivity index is 1.51. The molecule has 0 aromatic heterocycles. The molecule has 0 saturated heterocycles. The van der Waals surface area contributed by atoms with E-state index in [-0.39, 0.29) is 0 Å². The molecule has 0 N–H and O–H groups in total. The fraction of sp³-hybridized carbons (Fsp3) is 0. The molecular formula is C39H30NOP. The number of fused-ring (bicyclic) bond motifs is 1. The maximum atomic E-state index is 14.9. The van der Waals surface area contributed by atoms with Crippen LogP contribution in [0.1, 0.15) is 16.7 Å². The molecule has 0 radical (unpaired) electrons. The average Bonchev–Trinajstić information content (AvgIpc) is 3.07. The Morgan fingerprint density at radius 3 is 1.79 bits per heavy atom. The van der Waals surface area contributed by atoms with Crippen molar-refractivity contribution in [2.24, 2.45) is 4.99 Å². The number of aliphatic imine (C=N–C) groups is 1. The topological polar surface area (TPSA) is 29.4 Å². The van der Waals surface area contributed by atoms with E-state index in [9.17, 15) is 4.57 Å². The van der Waals surface area contributed by atoms with Gasteiger partial charge >= 0.3 is 0 Å². The predicted octanol–water partition coefficient (Wildman–Crippen LogP) is 8.85. The first kappa shape index (κ1) is 27.1. The van der Waals surface area contributed by atoms with Gasteiger partial charge < -0.3 is 4.57 Å². The zero-order valence-electron chi connectivity index (χ0n) is 23.2. The van der Waals surface area contributed by atoms with Crippen molar-refractivity contribution in [3.05, 3.63) is 187 Å². The summed E-state index contributed by atoms with van der Waals surface area (Å²) in [5.41, 5.74) is 4.68. The maximum absolute atomic E-state index is 14.9. The maximum Gasteiger partial charge on any atom is 0.171 e. The molecule has 0 aliphatic carbocycles. The second-order valence-electron chi connectivity index (χ2n) is 10.0. The quantitative estimate of drug-likeness (QED) is 0.104. The number of allylic oxidation sites excluding steroid dienone is 2. The van der Waals surface area contributed by atoms with Crippen LogP contribution in [0.25, 0.3) is 16.8 Å². The van der Waals surface area contributed by atoms with Crippen LogP contribution in [0.2, 0.25) is 0 Å². The molecule has 202 valence electrons. The minimum atomic E-state index is -3.08. The molecule has 0 atom stereocenters.